The van der Waals surface area contributed by atoms with Gasteiger partial charge in [0.1, 0.15) is 22.3 Å². The van der Waals surface area contributed by atoms with Crippen molar-refractivity contribution in [2.24, 2.45) is 0 Å². The number of para-hydroxylation sites is 3. The summed E-state index contributed by atoms with van der Waals surface area (Å²) in [4.78, 5) is 15.2. The van der Waals surface area contributed by atoms with Crippen molar-refractivity contribution in [2.75, 3.05) is 0 Å². The van der Waals surface area contributed by atoms with E-state index in [1.165, 1.54) is 27.4 Å². The summed E-state index contributed by atoms with van der Waals surface area (Å²) in [6.45, 7) is 0. The number of hydrogen-bond donors (Lipinski definition) is 0. The van der Waals surface area contributed by atoms with Gasteiger partial charge in [-0.2, -0.15) is 0 Å². The van der Waals surface area contributed by atoms with Crippen LogP contribution in [0.2, 0.25) is 0 Å². The van der Waals surface area contributed by atoms with Gasteiger partial charge in [0, 0.05) is 71.9 Å². The van der Waals surface area contributed by atoms with E-state index in [9.17, 15) is 0 Å². The maximum atomic E-state index is 6.74. The molecule has 0 aliphatic carbocycles. The normalized spacial score (nSPS) is 11.8. The highest BCUT2D eigenvalue weighted by atomic mass is 16.3. The third kappa shape index (κ3) is 5.69. The molecule has 0 fully saturated rings. The SMILES string of the molecule is c1ccc(-c2nc(-c3ccc4c(c3)oc3cc(-n5c6ccccc6c6cccc(-c7ccccc7)c65)ccc34)nc(-c3ccc4c(c3)oc3c(-c5ccccc5)cccc34)n2)cc1. The van der Waals surface area contributed by atoms with Crippen LogP contribution < -0.4 is 0 Å². The molecule has 4 heterocycles. The Labute approximate surface area is 361 Å². The number of aromatic nitrogens is 4. The quantitative estimate of drug-likeness (QED) is 0.167. The molecule has 0 unspecified atom stereocenters. The fourth-order valence-electron chi connectivity index (χ4n) is 9.31. The first-order valence-corrected chi connectivity index (χ1v) is 21.1. The van der Waals surface area contributed by atoms with Gasteiger partial charge in [-0.3, -0.25) is 0 Å². The summed E-state index contributed by atoms with van der Waals surface area (Å²) in [5.41, 5.74) is 13.6. The van der Waals surface area contributed by atoms with Crippen molar-refractivity contribution in [1.82, 2.24) is 19.5 Å². The van der Waals surface area contributed by atoms with Gasteiger partial charge in [0.25, 0.3) is 0 Å². The zero-order chi connectivity index (χ0) is 41.4. The van der Waals surface area contributed by atoms with Gasteiger partial charge in [-0.15, -0.1) is 0 Å². The predicted octanol–water partition coefficient (Wildman–Crippen LogP) is 15.1. The lowest BCUT2D eigenvalue weighted by molar-refractivity contribution is 0.668. The van der Waals surface area contributed by atoms with Crippen LogP contribution in [0.3, 0.4) is 0 Å². The predicted molar refractivity (Wildman–Crippen MR) is 256 cm³/mol. The molecule has 0 amide bonds. The minimum atomic E-state index is 0.552. The molecular weight excluding hydrogens is 773 g/mol. The van der Waals surface area contributed by atoms with Crippen molar-refractivity contribution in [3.05, 3.63) is 206 Å². The summed E-state index contributed by atoms with van der Waals surface area (Å²) in [6, 6.07) is 71.5. The van der Waals surface area contributed by atoms with Gasteiger partial charge in [0.05, 0.1) is 11.0 Å². The van der Waals surface area contributed by atoms with Gasteiger partial charge < -0.3 is 13.4 Å². The largest absolute Gasteiger partial charge is 0.456 e. The lowest BCUT2D eigenvalue weighted by Gasteiger charge is -2.11. The molecule has 0 spiro atoms. The van der Waals surface area contributed by atoms with Crippen LogP contribution in [0.15, 0.2) is 215 Å². The highest BCUT2D eigenvalue weighted by Crippen LogP contribution is 2.41. The first-order valence-electron chi connectivity index (χ1n) is 21.1. The van der Waals surface area contributed by atoms with Crippen molar-refractivity contribution in [3.63, 3.8) is 0 Å². The Hall–Kier alpha value is -8.61. The van der Waals surface area contributed by atoms with Crippen molar-refractivity contribution < 1.29 is 8.83 Å². The van der Waals surface area contributed by atoms with Gasteiger partial charge >= 0.3 is 0 Å². The lowest BCUT2D eigenvalue weighted by Crippen LogP contribution is -2.00. The number of benzene rings is 9. The molecule has 63 heavy (non-hydrogen) atoms. The number of hydrogen-bond acceptors (Lipinski definition) is 5. The van der Waals surface area contributed by atoms with Gasteiger partial charge in [-0.25, -0.2) is 15.0 Å². The number of nitrogens with zero attached hydrogens (tertiary/aromatic N) is 4. The minimum Gasteiger partial charge on any atom is -0.456 e. The molecule has 4 aromatic heterocycles. The smallest absolute Gasteiger partial charge is 0.164 e. The molecule has 9 aromatic carbocycles. The van der Waals surface area contributed by atoms with Crippen LogP contribution in [0, 0.1) is 0 Å². The molecule has 294 valence electrons. The summed E-state index contributed by atoms with van der Waals surface area (Å²) in [6.07, 6.45) is 0. The van der Waals surface area contributed by atoms with E-state index in [1.807, 2.05) is 48.5 Å². The van der Waals surface area contributed by atoms with Crippen LogP contribution in [-0.4, -0.2) is 19.5 Å². The second kappa shape index (κ2) is 14.0. The van der Waals surface area contributed by atoms with Crippen LogP contribution in [0.5, 0.6) is 0 Å². The van der Waals surface area contributed by atoms with Gasteiger partial charge in [-0.05, 0) is 53.6 Å². The fourth-order valence-corrected chi connectivity index (χ4v) is 9.31. The third-order valence-corrected chi connectivity index (χ3v) is 12.3. The maximum Gasteiger partial charge on any atom is 0.164 e. The minimum absolute atomic E-state index is 0.552. The first-order chi connectivity index (χ1) is 31.2. The van der Waals surface area contributed by atoms with Crippen LogP contribution in [0.4, 0.5) is 0 Å². The van der Waals surface area contributed by atoms with Gasteiger partial charge in [-0.1, -0.05) is 158 Å². The van der Waals surface area contributed by atoms with E-state index in [-0.39, 0.29) is 0 Å². The molecular formula is C57H34N4O2. The highest BCUT2D eigenvalue weighted by Gasteiger charge is 2.20. The molecule has 0 aliphatic rings. The maximum absolute atomic E-state index is 6.74. The van der Waals surface area contributed by atoms with E-state index in [0.29, 0.717) is 17.5 Å². The third-order valence-electron chi connectivity index (χ3n) is 12.3. The molecule has 0 saturated heterocycles. The molecule has 6 heteroatoms. The monoisotopic (exact) mass is 806 g/mol. The zero-order valence-electron chi connectivity index (χ0n) is 33.7. The topological polar surface area (TPSA) is 69.9 Å². The van der Waals surface area contributed by atoms with Crippen LogP contribution in [0.25, 0.3) is 128 Å². The standard InChI is InChI=1S/C57H34N4O2/c1-4-14-35(15-5-1)41-21-12-23-47-43-20-10-11-25-49(43)61(53(41)47)40-28-31-45-44-29-26-38(32-50(44)62-52(45)34-40)56-58-55(37-18-8-3-9-19-37)59-57(60-56)39-27-30-46-48-24-13-22-42(36-16-6-2-7-17-36)54(48)63-51(46)33-39/h1-34H. The number of furan rings is 2. The summed E-state index contributed by atoms with van der Waals surface area (Å²) in [5, 5.41) is 6.59. The highest BCUT2D eigenvalue weighted by molar-refractivity contribution is 6.14. The molecule has 0 aliphatic heterocycles. The Balaban J connectivity index is 0.939. The van der Waals surface area contributed by atoms with E-state index in [4.69, 9.17) is 23.8 Å². The Kier molecular flexibility index (Phi) is 7.80. The lowest BCUT2D eigenvalue weighted by atomic mass is 10.0. The number of rotatable bonds is 6. The summed E-state index contributed by atoms with van der Waals surface area (Å²) in [7, 11) is 0. The Bertz CT molecular complexity index is 3900. The molecule has 13 aromatic rings. The van der Waals surface area contributed by atoms with Crippen molar-refractivity contribution in [1.29, 1.82) is 0 Å². The molecule has 0 radical (unpaired) electrons. The van der Waals surface area contributed by atoms with E-state index in [0.717, 1.165) is 82.9 Å². The van der Waals surface area contributed by atoms with E-state index in [1.54, 1.807) is 0 Å². The van der Waals surface area contributed by atoms with Crippen molar-refractivity contribution in [2.45, 2.75) is 0 Å². The van der Waals surface area contributed by atoms with Crippen molar-refractivity contribution in [3.8, 4) is 62.1 Å². The Morgan fingerprint density at radius 1 is 0.317 bits per heavy atom. The fraction of sp³-hybridized carbons (Fsp3) is 0. The molecule has 0 saturated carbocycles. The first kappa shape index (κ1) is 35.2. The average Bonchev–Trinajstić information content (AvgIpc) is 4.03. The molecule has 0 N–H and O–H groups in total. The summed E-state index contributed by atoms with van der Waals surface area (Å²) >= 11 is 0. The number of fused-ring (bicyclic) bond motifs is 9. The second-order valence-corrected chi connectivity index (χ2v) is 15.9. The average molecular weight is 807 g/mol. The second-order valence-electron chi connectivity index (χ2n) is 15.9. The molecule has 0 bridgehead atoms. The van der Waals surface area contributed by atoms with Gasteiger partial charge in [0.2, 0.25) is 0 Å². The van der Waals surface area contributed by atoms with E-state index in [2.05, 4.69) is 162 Å². The van der Waals surface area contributed by atoms with Gasteiger partial charge in [0.15, 0.2) is 17.5 Å². The zero-order valence-corrected chi connectivity index (χ0v) is 33.7. The van der Waals surface area contributed by atoms with Crippen LogP contribution >= 0.6 is 0 Å². The Morgan fingerprint density at radius 3 is 1.49 bits per heavy atom. The van der Waals surface area contributed by atoms with Crippen molar-refractivity contribution >= 4 is 65.7 Å². The molecule has 6 nitrogen and oxygen atoms in total. The van der Waals surface area contributed by atoms with Crippen LogP contribution in [-0.2, 0) is 0 Å². The molecule has 0 atom stereocenters. The van der Waals surface area contributed by atoms with Crippen LogP contribution in [0.1, 0.15) is 0 Å². The van der Waals surface area contributed by atoms with E-state index >= 15 is 0 Å². The van der Waals surface area contributed by atoms with E-state index < -0.39 is 0 Å². The summed E-state index contributed by atoms with van der Waals surface area (Å²) in [5.74, 6) is 1.69. The molecule has 13 rings (SSSR count). The Morgan fingerprint density at radius 2 is 0.810 bits per heavy atom. The summed E-state index contributed by atoms with van der Waals surface area (Å²) < 4.78 is 15.7.